The molecule has 21 heavy (non-hydrogen) atoms. The van der Waals surface area contributed by atoms with Gasteiger partial charge in [-0.25, -0.2) is 0 Å². The monoisotopic (exact) mass is 321 g/mol. The molecule has 0 saturated heterocycles. The van der Waals surface area contributed by atoms with Gasteiger partial charge in [-0.15, -0.1) is 10.2 Å². The first-order valence-corrected chi connectivity index (χ1v) is 7.94. The van der Waals surface area contributed by atoms with Gasteiger partial charge in [0.25, 0.3) is 0 Å². The number of rotatable bonds is 6. The summed E-state index contributed by atoms with van der Waals surface area (Å²) in [6, 6.07) is 7.96. The highest BCUT2D eigenvalue weighted by Crippen LogP contribution is 2.21. The third-order valence-electron chi connectivity index (χ3n) is 3.00. The number of nitrogens with zero attached hydrogens (tertiary/aromatic N) is 4. The van der Waals surface area contributed by atoms with Crippen molar-refractivity contribution in [3.05, 3.63) is 34.6 Å². The molecule has 1 aromatic heterocycles. The quantitative estimate of drug-likeness (QED) is 0.825. The smallest absolute Gasteiger partial charge is 0.192 e. The number of hydrogen-bond donors (Lipinski definition) is 1. The van der Waals surface area contributed by atoms with Crippen molar-refractivity contribution in [3.8, 4) is 6.07 Å². The topological polar surface area (TPSA) is 66.5 Å². The number of nitriles is 1. The standard InChI is InChI=1S/C14H16ClN5S/c1-3-20-13(18-19-14(20)21-7-6-16)9-17-11-5-4-10(2)12(15)8-11/h4-5,8,17H,3,7,9H2,1-2H3. The van der Waals surface area contributed by atoms with Crippen molar-refractivity contribution in [2.45, 2.75) is 32.1 Å². The molecule has 0 aliphatic carbocycles. The molecule has 0 bridgehead atoms. The summed E-state index contributed by atoms with van der Waals surface area (Å²) in [6.45, 7) is 5.34. The van der Waals surface area contributed by atoms with Crippen LogP contribution in [-0.4, -0.2) is 20.5 Å². The summed E-state index contributed by atoms with van der Waals surface area (Å²) in [6.07, 6.45) is 0. The van der Waals surface area contributed by atoms with Gasteiger partial charge in [-0.1, -0.05) is 29.4 Å². The van der Waals surface area contributed by atoms with Crippen LogP contribution < -0.4 is 5.32 Å². The van der Waals surface area contributed by atoms with Crippen LogP contribution in [0.25, 0.3) is 0 Å². The molecule has 0 spiro atoms. The van der Waals surface area contributed by atoms with E-state index in [1.165, 1.54) is 11.8 Å². The average Bonchev–Trinajstić information content (AvgIpc) is 2.88. The first kappa shape index (κ1) is 15.7. The Balaban J connectivity index is 2.07. The third-order valence-corrected chi connectivity index (χ3v) is 4.24. The number of benzene rings is 1. The minimum absolute atomic E-state index is 0.374. The first-order chi connectivity index (χ1) is 10.2. The number of nitrogens with one attached hydrogen (secondary N) is 1. The van der Waals surface area contributed by atoms with Crippen LogP contribution in [0, 0.1) is 18.3 Å². The summed E-state index contributed by atoms with van der Waals surface area (Å²) in [4.78, 5) is 0. The normalized spacial score (nSPS) is 10.4. The Morgan fingerprint density at radius 3 is 2.90 bits per heavy atom. The van der Waals surface area contributed by atoms with Gasteiger partial charge in [-0.05, 0) is 31.5 Å². The molecule has 0 amide bonds. The summed E-state index contributed by atoms with van der Waals surface area (Å²) in [5.41, 5.74) is 2.00. The highest BCUT2D eigenvalue weighted by atomic mass is 35.5. The highest BCUT2D eigenvalue weighted by Gasteiger charge is 2.10. The molecule has 110 valence electrons. The van der Waals surface area contributed by atoms with E-state index in [2.05, 4.69) is 21.6 Å². The van der Waals surface area contributed by atoms with Crippen LogP contribution in [0.1, 0.15) is 18.3 Å². The minimum atomic E-state index is 0.374. The largest absolute Gasteiger partial charge is 0.378 e. The molecule has 2 aromatic rings. The molecule has 0 radical (unpaired) electrons. The summed E-state index contributed by atoms with van der Waals surface area (Å²) >= 11 is 7.51. The summed E-state index contributed by atoms with van der Waals surface area (Å²) in [5.74, 6) is 1.22. The van der Waals surface area contributed by atoms with Gasteiger partial charge >= 0.3 is 0 Å². The van der Waals surface area contributed by atoms with Crippen molar-refractivity contribution in [3.63, 3.8) is 0 Å². The molecule has 2 rings (SSSR count). The predicted molar refractivity (Wildman–Crippen MR) is 85.5 cm³/mol. The molecule has 0 fully saturated rings. The molecule has 7 heteroatoms. The fourth-order valence-electron chi connectivity index (χ4n) is 1.85. The number of aryl methyl sites for hydroxylation is 1. The summed E-state index contributed by atoms with van der Waals surface area (Å²) in [5, 5.41) is 21.8. The second-order valence-electron chi connectivity index (χ2n) is 4.41. The van der Waals surface area contributed by atoms with E-state index in [-0.39, 0.29) is 0 Å². The van der Waals surface area contributed by atoms with Gasteiger partial charge in [0.2, 0.25) is 0 Å². The van der Waals surface area contributed by atoms with Crippen LogP contribution in [0.5, 0.6) is 0 Å². The lowest BCUT2D eigenvalue weighted by Gasteiger charge is -2.09. The van der Waals surface area contributed by atoms with Gasteiger partial charge in [0.05, 0.1) is 18.4 Å². The molecule has 5 nitrogen and oxygen atoms in total. The van der Waals surface area contributed by atoms with Gasteiger partial charge in [0.15, 0.2) is 11.0 Å². The second kappa shape index (κ2) is 7.34. The van der Waals surface area contributed by atoms with Gasteiger partial charge in [-0.2, -0.15) is 5.26 Å². The minimum Gasteiger partial charge on any atom is -0.378 e. The fourth-order valence-corrected chi connectivity index (χ4v) is 2.72. The maximum absolute atomic E-state index is 8.65. The highest BCUT2D eigenvalue weighted by molar-refractivity contribution is 7.99. The average molecular weight is 322 g/mol. The van der Waals surface area contributed by atoms with E-state index in [1.807, 2.05) is 36.6 Å². The van der Waals surface area contributed by atoms with Crippen molar-refractivity contribution in [2.24, 2.45) is 0 Å². The SMILES string of the molecule is CCn1c(CNc2ccc(C)c(Cl)c2)nnc1SCC#N. The molecule has 1 aromatic carbocycles. The van der Waals surface area contributed by atoms with Crippen molar-refractivity contribution >= 4 is 29.1 Å². The number of hydrogen-bond acceptors (Lipinski definition) is 5. The first-order valence-electron chi connectivity index (χ1n) is 6.57. The summed E-state index contributed by atoms with van der Waals surface area (Å²) in [7, 11) is 0. The van der Waals surface area contributed by atoms with E-state index in [1.54, 1.807) is 0 Å². The Morgan fingerprint density at radius 1 is 1.43 bits per heavy atom. The van der Waals surface area contributed by atoms with Crippen LogP contribution in [0.2, 0.25) is 5.02 Å². The van der Waals surface area contributed by atoms with E-state index in [0.717, 1.165) is 33.8 Å². The molecule has 0 unspecified atom stereocenters. The van der Waals surface area contributed by atoms with E-state index < -0.39 is 0 Å². The summed E-state index contributed by atoms with van der Waals surface area (Å²) < 4.78 is 2.00. The lowest BCUT2D eigenvalue weighted by molar-refractivity contribution is 0.649. The molecule has 0 aliphatic rings. The zero-order valence-electron chi connectivity index (χ0n) is 11.9. The number of thioether (sulfide) groups is 1. The van der Waals surface area contributed by atoms with E-state index in [4.69, 9.17) is 16.9 Å². The third kappa shape index (κ3) is 3.90. The Morgan fingerprint density at radius 2 is 2.24 bits per heavy atom. The molecule has 0 aliphatic heterocycles. The maximum atomic E-state index is 8.65. The van der Waals surface area contributed by atoms with Gasteiger partial charge in [0, 0.05) is 17.3 Å². The van der Waals surface area contributed by atoms with E-state index in [0.29, 0.717) is 12.3 Å². The van der Waals surface area contributed by atoms with Gasteiger partial charge in [-0.3, -0.25) is 0 Å². The molecular weight excluding hydrogens is 306 g/mol. The lowest BCUT2D eigenvalue weighted by Crippen LogP contribution is -2.08. The predicted octanol–water partition coefficient (Wildman–Crippen LogP) is 3.49. The van der Waals surface area contributed by atoms with Crippen LogP contribution in [0.4, 0.5) is 5.69 Å². The zero-order chi connectivity index (χ0) is 15.2. The molecule has 1 heterocycles. The number of anilines is 1. The van der Waals surface area contributed by atoms with Gasteiger partial charge < -0.3 is 9.88 Å². The Kier molecular flexibility index (Phi) is 5.48. The van der Waals surface area contributed by atoms with Gasteiger partial charge in [0.1, 0.15) is 0 Å². The zero-order valence-corrected chi connectivity index (χ0v) is 13.5. The number of halogens is 1. The van der Waals surface area contributed by atoms with Crippen LogP contribution in [0.3, 0.4) is 0 Å². The Hall–Kier alpha value is -1.71. The second-order valence-corrected chi connectivity index (χ2v) is 5.76. The van der Waals surface area contributed by atoms with Crippen molar-refractivity contribution in [2.75, 3.05) is 11.1 Å². The number of aromatic nitrogens is 3. The van der Waals surface area contributed by atoms with Crippen LogP contribution >= 0.6 is 23.4 Å². The van der Waals surface area contributed by atoms with E-state index >= 15 is 0 Å². The molecular formula is C14H16ClN5S. The Labute approximate surface area is 133 Å². The van der Waals surface area contributed by atoms with Crippen LogP contribution in [-0.2, 0) is 13.1 Å². The Bertz CT molecular complexity index is 662. The lowest BCUT2D eigenvalue weighted by atomic mass is 10.2. The van der Waals surface area contributed by atoms with Crippen molar-refractivity contribution in [1.29, 1.82) is 5.26 Å². The van der Waals surface area contributed by atoms with Crippen LogP contribution in [0.15, 0.2) is 23.4 Å². The van der Waals surface area contributed by atoms with Crippen molar-refractivity contribution < 1.29 is 0 Å². The maximum Gasteiger partial charge on any atom is 0.192 e. The molecule has 0 atom stereocenters. The fraction of sp³-hybridized carbons (Fsp3) is 0.357. The molecule has 0 saturated carbocycles. The van der Waals surface area contributed by atoms with E-state index in [9.17, 15) is 0 Å². The van der Waals surface area contributed by atoms with Crippen molar-refractivity contribution in [1.82, 2.24) is 14.8 Å². The molecule has 1 N–H and O–H groups in total.